The van der Waals surface area contributed by atoms with Gasteiger partial charge in [-0.3, -0.25) is 19.4 Å². The second-order valence-corrected chi connectivity index (χ2v) is 8.56. The van der Waals surface area contributed by atoms with Gasteiger partial charge in [-0.25, -0.2) is 0 Å². The van der Waals surface area contributed by atoms with Crippen molar-refractivity contribution in [3.63, 3.8) is 0 Å². The summed E-state index contributed by atoms with van der Waals surface area (Å²) in [4.78, 5) is 30.8. The predicted molar refractivity (Wildman–Crippen MR) is 127 cm³/mol. The zero-order chi connectivity index (χ0) is 21.9. The van der Waals surface area contributed by atoms with E-state index in [1.165, 1.54) is 18.4 Å². The molecule has 0 bridgehead atoms. The fraction of sp³-hybridized carbons (Fsp3) is 0.259. The van der Waals surface area contributed by atoms with Crippen molar-refractivity contribution in [3.8, 4) is 0 Å². The molecule has 0 aliphatic carbocycles. The van der Waals surface area contributed by atoms with Crippen molar-refractivity contribution in [1.82, 2.24) is 4.90 Å². The van der Waals surface area contributed by atoms with Crippen LogP contribution in [0.2, 0.25) is 0 Å². The summed E-state index contributed by atoms with van der Waals surface area (Å²) in [6, 6.07) is 24.4. The first kappa shape index (κ1) is 20.5. The molecule has 0 unspecified atom stereocenters. The van der Waals surface area contributed by atoms with Crippen molar-refractivity contribution >= 4 is 23.2 Å². The molecule has 5 heteroatoms. The number of nitrogens with zero attached hydrogens (tertiary/aromatic N) is 2. The number of rotatable bonds is 5. The van der Waals surface area contributed by atoms with Crippen LogP contribution in [0.1, 0.15) is 34.3 Å². The van der Waals surface area contributed by atoms with E-state index in [0.29, 0.717) is 12.0 Å². The van der Waals surface area contributed by atoms with Gasteiger partial charge in [-0.1, -0.05) is 48.5 Å². The highest BCUT2D eigenvalue weighted by Crippen LogP contribution is 2.34. The molecule has 2 aliphatic heterocycles. The Bertz CT molecular complexity index is 1120. The fourth-order valence-corrected chi connectivity index (χ4v) is 4.74. The Morgan fingerprint density at radius 3 is 2.44 bits per heavy atom. The number of likely N-dealkylation sites (tertiary alicyclic amines) is 1. The fourth-order valence-electron chi connectivity index (χ4n) is 4.74. The lowest BCUT2D eigenvalue weighted by Gasteiger charge is -2.25. The number of anilines is 2. The Morgan fingerprint density at radius 1 is 0.875 bits per heavy atom. The molecule has 1 atom stereocenters. The molecule has 1 saturated heterocycles. The van der Waals surface area contributed by atoms with Gasteiger partial charge in [0.25, 0.3) is 5.91 Å². The monoisotopic (exact) mass is 425 g/mol. The molecule has 2 aliphatic rings. The lowest BCUT2D eigenvalue weighted by molar-refractivity contribution is -0.117. The first-order valence-corrected chi connectivity index (χ1v) is 11.3. The highest BCUT2D eigenvalue weighted by atomic mass is 16.2. The van der Waals surface area contributed by atoms with E-state index in [1.54, 1.807) is 17.0 Å². The van der Waals surface area contributed by atoms with Crippen LogP contribution in [0.5, 0.6) is 0 Å². The van der Waals surface area contributed by atoms with Gasteiger partial charge in [0.1, 0.15) is 6.04 Å². The molecule has 2 heterocycles. The van der Waals surface area contributed by atoms with Crippen LogP contribution in [-0.2, 0) is 17.8 Å². The van der Waals surface area contributed by atoms with Crippen molar-refractivity contribution in [2.24, 2.45) is 0 Å². The highest BCUT2D eigenvalue weighted by Gasteiger charge is 2.38. The number of benzene rings is 3. The van der Waals surface area contributed by atoms with Gasteiger partial charge in [0.2, 0.25) is 5.91 Å². The third-order valence-corrected chi connectivity index (χ3v) is 6.32. The number of fused-ring (bicyclic) bond motifs is 1. The highest BCUT2D eigenvalue weighted by molar-refractivity contribution is 6.13. The zero-order valence-electron chi connectivity index (χ0n) is 18.0. The Morgan fingerprint density at radius 2 is 1.62 bits per heavy atom. The van der Waals surface area contributed by atoms with Crippen LogP contribution in [0.15, 0.2) is 78.9 Å². The van der Waals surface area contributed by atoms with Gasteiger partial charge in [-0.05, 0) is 67.4 Å². The second kappa shape index (κ2) is 8.97. The van der Waals surface area contributed by atoms with Crippen LogP contribution < -0.4 is 10.2 Å². The third kappa shape index (κ3) is 4.16. The molecule has 5 rings (SSSR count). The molecule has 3 aromatic rings. The molecule has 0 radical (unpaired) electrons. The van der Waals surface area contributed by atoms with Crippen molar-refractivity contribution in [3.05, 3.63) is 95.6 Å². The number of amides is 2. The third-order valence-electron chi connectivity index (χ3n) is 6.32. The average Bonchev–Trinajstić information content (AvgIpc) is 3.47. The average molecular weight is 426 g/mol. The topological polar surface area (TPSA) is 52.7 Å². The van der Waals surface area contributed by atoms with Crippen LogP contribution in [-0.4, -0.2) is 35.8 Å². The molecule has 2 amide bonds. The minimum absolute atomic E-state index is 0.154. The van der Waals surface area contributed by atoms with Crippen LogP contribution in [0.4, 0.5) is 11.4 Å². The summed E-state index contributed by atoms with van der Waals surface area (Å²) in [5.41, 5.74) is 4.37. The quantitative estimate of drug-likeness (QED) is 0.655. The molecule has 1 fully saturated rings. The first-order chi connectivity index (χ1) is 15.7. The molecule has 5 nitrogen and oxygen atoms in total. The molecule has 32 heavy (non-hydrogen) atoms. The number of carbonyl (C=O) groups excluding carboxylic acids is 2. The van der Waals surface area contributed by atoms with Crippen molar-refractivity contribution in [1.29, 1.82) is 0 Å². The molecule has 162 valence electrons. The maximum absolute atomic E-state index is 13.4. The van der Waals surface area contributed by atoms with Crippen molar-refractivity contribution < 1.29 is 9.59 Å². The van der Waals surface area contributed by atoms with E-state index in [1.807, 2.05) is 60.7 Å². The Balaban J connectivity index is 1.37. The number of nitrogens with one attached hydrogen (secondary N) is 1. The number of hydrogen-bond donors (Lipinski definition) is 1. The molecular weight excluding hydrogens is 398 g/mol. The van der Waals surface area contributed by atoms with E-state index in [-0.39, 0.29) is 11.8 Å². The number of para-hydroxylation sites is 1. The standard InChI is InChI=1S/C27H27N3O2/c31-26(28-23-13-8-9-20(17-23)19-29-15-6-7-16-29)25-18-22-12-4-5-14-24(22)30(25)27(32)21-10-2-1-3-11-21/h1-5,8-14,17,25H,6-7,15-16,18-19H2,(H,28,31)/t25-/m1/s1. The van der Waals surface area contributed by atoms with Gasteiger partial charge < -0.3 is 5.32 Å². The number of carbonyl (C=O) groups is 2. The molecule has 1 N–H and O–H groups in total. The molecule has 3 aromatic carbocycles. The summed E-state index contributed by atoms with van der Waals surface area (Å²) in [7, 11) is 0. The van der Waals surface area contributed by atoms with E-state index in [4.69, 9.17) is 0 Å². The van der Waals surface area contributed by atoms with Crippen LogP contribution >= 0.6 is 0 Å². The van der Waals surface area contributed by atoms with E-state index in [0.717, 1.165) is 36.6 Å². The summed E-state index contributed by atoms with van der Waals surface area (Å²) >= 11 is 0. The van der Waals surface area contributed by atoms with Crippen LogP contribution in [0.25, 0.3) is 0 Å². The summed E-state index contributed by atoms with van der Waals surface area (Å²) in [5, 5.41) is 3.07. The Kier molecular flexibility index (Phi) is 5.73. The minimum Gasteiger partial charge on any atom is -0.324 e. The minimum atomic E-state index is -0.581. The maximum atomic E-state index is 13.4. The molecule has 0 aromatic heterocycles. The summed E-state index contributed by atoms with van der Waals surface area (Å²) in [6.45, 7) is 3.16. The van der Waals surface area contributed by atoms with Gasteiger partial charge in [-0.15, -0.1) is 0 Å². The second-order valence-electron chi connectivity index (χ2n) is 8.56. The predicted octanol–water partition coefficient (Wildman–Crippen LogP) is 4.49. The van der Waals surface area contributed by atoms with Crippen molar-refractivity contribution in [2.75, 3.05) is 23.3 Å². The van der Waals surface area contributed by atoms with Gasteiger partial charge in [0.05, 0.1) is 0 Å². The van der Waals surface area contributed by atoms with Gasteiger partial charge in [-0.2, -0.15) is 0 Å². The molecule has 0 spiro atoms. The van der Waals surface area contributed by atoms with Gasteiger partial charge >= 0.3 is 0 Å². The van der Waals surface area contributed by atoms with E-state index >= 15 is 0 Å². The van der Waals surface area contributed by atoms with Crippen LogP contribution in [0.3, 0.4) is 0 Å². The summed E-state index contributed by atoms with van der Waals surface area (Å²) in [6.07, 6.45) is 3.02. The largest absolute Gasteiger partial charge is 0.324 e. The SMILES string of the molecule is O=C(Nc1cccc(CN2CCCC2)c1)[C@H]1Cc2ccccc2N1C(=O)c1ccccc1. The molecular formula is C27H27N3O2. The maximum Gasteiger partial charge on any atom is 0.259 e. The summed E-state index contributed by atoms with van der Waals surface area (Å²) in [5.74, 6) is -0.317. The van der Waals surface area contributed by atoms with E-state index in [9.17, 15) is 9.59 Å². The van der Waals surface area contributed by atoms with Crippen molar-refractivity contribution in [2.45, 2.75) is 31.8 Å². The molecule has 0 saturated carbocycles. The lowest BCUT2D eigenvalue weighted by Crippen LogP contribution is -2.45. The van der Waals surface area contributed by atoms with E-state index in [2.05, 4.69) is 16.3 Å². The first-order valence-electron chi connectivity index (χ1n) is 11.3. The normalized spacial score (nSPS) is 17.9. The summed E-state index contributed by atoms with van der Waals surface area (Å²) < 4.78 is 0. The Labute approximate surface area is 188 Å². The van der Waals surface area contributed by atoms with Gasteiger partial charge in [0, 0.05) is 29.9 Å². The smallest absolute Gasteiger partial charge is 0.259 e. The zero-order valence-corrected chi connectivity index (χ0v) is 18.0. The Hall–Kier alpha value is -3.44. The van der Waals surface area contributed by atoms with Gasteiger partial charge in [0.15, 0.2) is 0 Å². The lowest BCUT2D eigenvalue weighted by atomic mass is 10.1. The number of hydrogen-bond acceptors (Lipinski definition) is 3. The van der Waals surface area contributed by atoms with E-state index < -0.39 is 6.04 Å². The van der Waals surface area contributed by atoms with Crippen LogP contribution in [0, 0.1) is 0 Å².